The third-order valence-electron chi connectivity index (χ3n) is 2.83. The molecule has 0 fully saturated rings. The lowest BCUT2D eigenvalue weighted by Gasteiger charge is -2.04. The van der Waals surface area contributed by atoms with E-state index in [2.05, 4.69) is 25.7 Å². The predicted molar refractivity (Wildman–Crippen MR) is 71.9 cm³/mol. The van der Waals surface area contributed by atoms with E-state index in [4.69, 9.17) is 0 Å². The molecule has 102 valence electrons. The summed E-state index contributed by atoms with van der Waals surface area (Å²) in [6, 6.07) is 0. The van der Waals surface area contributed by atoms with E-state index in [1.165, 1.54) is 30.3 Å². The summed E-state index contributed by atoms with van der Waals surface area (Å²) in [7, 11) is 4.22. The van der Waals surface area contributed by atoms with Crippen molar-refractivity contribution in [3.8, 4) is 0 Å². The number of methoxy groups -OCH3 is 1. The average Bonchev–Trinajstić information content (AvgIpc) is 2.71. The number of aromatic nitrogens is 4. The molecule has 2 heterocycles. The molecule has 0 aliphatic carbocycles. The fourth-order valence-corrected chi connectivity index (χ4v) is 2.23. The van der Waals surface area contributed by atoms with E-state index in [-0.39, 0.29) is 23.7 Å². The number of hydrogen-bond donors (Lipinski definition) is 0. The van der Waals surface area contributed by atoms with Gasteiger partial charge in [-0.1, -0.05) is 0 Å². The van der Waals surface area contributed by atoms with Crippen LogP contribution in [0.5, 0.6) is 0 Å². The van der Waals surface area contributed by atoms with E-state index in [0.717, 1.165) is 4.57 Å². The van der Waals surface area contributed by atoms with Crippen LogP contribution in [0.3, 0.4) is 0 Å². The second-order valence-electron chi connectivity index (χ2n) is 3.94. The first-order valence-corrected chi connectivity index (χ1v) is 6.08. The Balaban J connectivity index is 2.87. The third-order valence-corrected chi connectivity index (χ3v) is 3.44. The quantitative estimate of drug-likeness (QED) is 0.415. The number of nitrogens with zero attached hydrogens (tertiary/aromatic N) is 4. The van der Waals surface area contributed by atoms with Crippen LogP contribution in [0.2, 0.25) is 0 Å². The standard InChI is InChI=1S/C10H11BrN4O4/c1-13-7-6(8(17)14(2)10(13)18)15(9(11)12-7)4-5(16)19-3/h4H2,1-3H3/p+1. The van der Waals surface area contributed by atoms with E-state index in [1.807, 2.05) is 0 Å². The molecule has 2 rings (SSSR count). The van der Waals surface area contributed by atoms with Gasteiger partial charge in [-0.2, -0.15) is 0 Å². The number of rotatable bonds is 2. The smallest absolute Gasteiger partial charge is 0.338 e. The molecule has 8 nitrogen and oxygen atoms in total. The minimum atomic E-state index is -0.486. The van der Waals surface area contributed by atoms with Gasteiger partial charge >= 0.3 is 11.7 Å². The first-order chi connectivity index (χ1) is 8.88. The van der Waals surface area contributed by atoms with Crippen LogP contribution in [0.15, 0.2) is 14.3 Å². The molecule has 0 atom stereocenters. The molecule has 9 heteroatoms. The van der Waals surface area contributed by atoms with E-state index in [0.29, 0.717) is 4.73 Å². The summed E-state index contributed by atoms with van der Waals surface area (Å²) < 4.78 is 8.68. The highest BCUT2D eigenvalue weighted by atomic mass is 79.9. The van der Waals surface area contributed by atoms with E-state index in [9.17, 15) is 14.4 Å². The van der Waals surface area contributed by atoms with Crippen LogP contribution in [0.4, 0.5) is 0 Å². The summed E-state index contributed by atoms with van der Waals surface area (Å²) in [6.45, 7) is -0.0545. The van der Waals surface area contributed by atoms with Crippen LogP contribution < -0.4 is 11.2 Å². The Morgan fingerprint density at radius 2 is 2.00 bits per heavy atom. The summed E-state index contributed by atoms with van der Waals surface area (Å²) in [6.07, 6.45) is 0. The van der Waals surface area contributed by atoms with Crippen molar-refractivity contribution >= 4 is 33.1 Å². The van der Waals surface area contributed by atoms with Gasteiger partial charge in [-0.15, -0.1) is 0 Å². The lowest BCUT2D eigenvalue weighted by Crippen LogP contribution is -2.37. The normalized spacial score (nSPS) is 10.9. The Hall–Kier alpha value is -1.90. The number of halogens is 1. The first-order valence-electron chi connectivity index (χ1n) is 5.29. The summed E-state index contributed by atoms with van der Waals surface area (Å²) in [5.41, 5.74) is -0.501. The maximum Gasteiger partial charge on any atom is 0.503 e. The molecule has 0 unspecified atom stereocenters. The molecule has 2 aromatic rings. The number of carbonyl (C=O) groups excluding carboxylic acids is 1. The predicted octanol–water partition coefficient (Wildman–Crippen LogP) is -0.655. The molecule has 0 saturated heterocycles. The molecule has 0 aromatic carbocycles. The summed E-state index contributed by atoms with van der Waals surface area (Å²) in [5, 5.41) is 0. The molecule has 0 radical (unpaired) electrons. The molecule has 0 bridgehead atoms. The molecular weight excluding hydrogens is 320 g/mol. The van der Waals surface area contributed by atoms with Crippen LogP contribution in [0.25, 0.3) is 11.2 Å². The Labute approximate surface area is 115 Å². The van der Waals surface area contributed by atoms with Crippen molar-refractivity contribution < 1.29 is 9.53 Å². The van der Waals surface area contributed by atoms with Crippen molar-refractivity contribution in [3.05, 3.63) is 25.6 Å². The van der Waals surface area contributed by atoms with Gasteiger partial charge in [0.1, 0.15) is 0 Å². The highest BCUT2D eigenvalue weighted by Crippen LogP contribution is 2.15. The van der Waals surface area contributed by atoms with Crippen LogP contribution in [-0.4, -0.2) is 36.6 Å². The number of ether oxygens (including phenoxy) is 1. The van der Waals surface area contributed by atoms with Gasteiger partial charge < -0.3 is 9.53 Å². The zero-order chi connectivity index (χ0) is 14.3. The summed E-state index contributed by atoms with van der Waals surface area (Å²) >= 11 is 3.19. The maximum atomic E-state index is 12.1. The van der Waals surface area contributed by atoms with Crippen molar-refractivity contribution in [1.29, 1.82) is 0 Å². The minimum Gasteiger partial charge on any atom is -0.338 e. The van der Waals surface area contributed by atoms with Crippen LogP contribution in [0.1, 0.15) is 0 Å². The van der Waals surface area contributed by atoms with E-state index in [1.54, 1.807) is 0 Å². The molecule has 0 amide bonds. The van der Waals surface area contributed by atoms with Gasteiger partial charge in [-0.05, 0) is 15.9 Å². The van der Waals surface area contributed by atoms with Crippen molar-refractivity contribution in [2.24, 2.45) is 14.1 Å². The largest absolute Gasteiger partial charge is 0.503 e. The van der Waals surface area contributed by atoms with Gasteiger partial charge in [0.25, 0.3) is 5.56 Å². The third kappa shape index (κ3) is 1.99. The number of fused-ring (bicyclic) bond motifs is 1. The van der Waals surface area contributed by atoms with Crippen molar-refractivity contribution in [2.45, 2.75) is 6.54 Å². The second kappa shape index (κ2) is 4.65. The zero-order valence-corrected chi connectivity index (χ0v) is 12.1. The van der Waals surface area contributed by atoms with Crippen molar-refractivity contribution in [2.75, 3.05) is 7.11 Å². The number of esters is 1. The van der Waals surface area contributed by atoms with Crippen molar-refractivity contribution in [1.82, 2.24) is 18.7 Å². The Kier molecular flexibility index (Phi) is 3.31. The molecule has 0 spiro atoms. The van der Waals surface area contributed by atoms with Crippen LogP contribution >= 0.6 is 15.9 Å². The number of aryl methyl sites for hydroxylation is 1. The topological polar surface area (TPSA) is 92.5 Å². The molecule has 2 aromatic heterocycles. The van der Waals surface area contributed by atoms with Gasteiger partial charge in [0.05, 0.1) is 0 Å². The minimum absolute atomic E-state index is 0.0545. The second-order valence-corrected chi connectivity index (χ2v) is 4.65. The molecule has 0 aliphatic heterocycles. The lowest BCUT2D eigenvalue weighted by atomic mass is 10.5. The highest BCUT2D eigenvalue weighted by molar-refractivity contribution is 9.10. The van der Waals surface area contributed by atoms with Crippen molar-refractivity contribution in [3.63, 3.8) is 0 Å². The number of imidazole rings is 1. The van der Waals surface area contributed by atoms with Gasteiger partial charge in [0.2, 0.25) is 0 Å². The Morgan fingerprint density at radius 3 is 2.58 bits per heavy atom. The Bertz CT molecular complexity index is 785. The fraction of sp³-hybridized carbons (Fsp3) is 0.400. The summed E-state index contributed by atoms with van der Waals surface area (Å²) in [5.74, 6) is -0.268. The molecule has 1 N–H and O–H groups in total. The van der Waals surface area contributed by atoms with Crippen LogP contribution in [-0.2, 0) is 25.4 Å². The molecule has 0 aliphatic rings. The monoisotopic (exact) mass is 331 g/mol. The summed E-state index contributed by atoms with van der Waals surface area (Å²) in [4.78, 5) is 37.5. The fourth-order valence-electron chi connectivity index (χ4n) is 1.76. The number of hydrogen-bond acceptors (Lipinski definition) is 4. The highest BCUT2D eigenvalue weighted by Gasteiger charge is 2.21. The van der Waals surface area contributed by atoms with E-state index >= 15 is 0 Å². The first kappa shape index (κ1) is 13.5. The van der Waals surface area contributed by atoms with Gasteiger partial charge in [-0.25, -0.2) is 9.78 Å². The zero-order valence-electron chi connectivity index (χ0n) is 10.5. The molecule has 0 saturated carbocycles. The van der Waals surface area contributed by atoms with Gasteiger partial charge in [0, 0.05) is 14.1 Å². The van der Waals surface area contributed by atoms with Gasteiger partial charge in [0.15, 0.2) is 29.6 Å². The average molecular weight is 332 g/mol. The maximum absolute atomic E-state index is 12.1. The van der Waals surface area contributed by atoms with Gasteiger partial charge in [-0.3, -0.25) is 18.5 Å². The SMILES string of the molecule is COC(=[OH+])Cn1c(Br)nc2c1c(=O)n(C)c(=O)n2C. The molecular formula is C10H12BrN4O4+. The van der Waals surface area contributed by atoms with E-state index < -0.39 is 11.2 Å². The lowest BCUT2D eigenvalue weighted by molar-refractivity contribution is 0.335. The van der Waals surface area contributed by atoms with Crippen LogP contribution in [0, 0.1) is 0 Å². The molecule has 19 heavy (non-hydrogen) atoms. The Morgan fingerprint density at radius 1 is 1.37 bits per heavy atom.